The fourth-order valence-electron chi connectivity index (χ4n) is 3.84. The Morgan fingerprint density at radius 1 is 1.19 bits per heavy atom. The van der Waals surface area contributed by atoms with Crippen molar-refractivity contribution in [3.63, 3.8) is 0 Å². The van der Waals surface area contributed by atoms with E-state index < -0.39 is 6.09 Å². The third kappa shape index (κ3) is 3.95. The maximum Gasteiger partial charge on any atom is 0.405 e. The molecule has 3 rings (SSSR count). The van der Waals surface area contributed by atoms with E-state index in [1.807, 2.05) is 37.3 Å². The molecule has 2 aromatic carbocycles. The van der Waals surface area contributed by atoms with Crippen molar-refractivity contribution in [1.29, 1.82) is 0 Å². The lowest BCUT2D eigenvalue weighted by molar-refractivity contribution is -0.117. The summed E-state index contributed by atoms with van der Waals surface area (Å²) in [7, 11) is 0. The molecule has 1 aliphatic heterocycles. The summed E-state index contributed by atoms with van der Waals surface area (Å²) < 4.78 is 0. The van der Waals surface area contributed by atoms with E-state index in [9.17, 15) is 14.7 Å². The average Bonchev–Trinajstić information content (AvgIpc) is 2.61. The van der Waals surface area contributed by atoms with Crippen LogP contribution in [0.2, 0.25) is 0 Å². The first-order valence-corrected chi connectivity index (χ1v) is 9.13. The molecule has 6 heteroatoms. The molecule has 142 valence electrons. The van der Waals surface area contributed by atoms with Gasteiger partial charge in [-0.2, -0.15) is 0 Å². The lowest BCUT2D eigenvalue weighted by Crippen LogP contribution is -2.45. The first-order valence-electron chi connectivity index (χ1n) is 9.13. The molecule has 2 amide bonds. The van der Waals surface area contributed by atoms with Gasteiger partial charge in [-0.15, -0.1) is 0 Å². The number of hydrogen-bond acceptors (Lipinski definition) is 3. The van der Waals surface area contributed by atoms with E-state index in [4.69, 9.17) is 5.73 Å². The van der Waals surface area contributed by atoms with Crippen LogP contribution in [0, 0.1) is 0 Å². The monoisotopic (exact) mass is 367 g/mol. The van der Waals surface area contributed by atoms with Crippen molar-refractivity contribution >= 4 is 17.7 Å². The van der Waals surface area contributed by atoms with Gasteiger partial charge in [0, 0.05) is 18.7 Å². The van der Waals surface area contributed by atoms with E-state index in [1.54, 1.807) is 4.90 Å². The fourth-order valence-corrected chi connectivity index (χ4v) is 3.84. The molecule has 6 nitrogen and oxygen atoms in total. The summed E-state index contributed by atoms with van der Waals surface area (Å²) >= 11 is 0. The second-order valence-electron chi connectivity index (χ2n) is 6.99. The summed E-state index contributed by atoms with van der Waals surface area (Å²) in [4.78, 5) is 25.1. The summed E-state index contributed by atoms with van der Waals surface area (Å²) in [5, 5.41) is 11.8. The number of nitrogens with two attached hydrogens (primary N) is 1. The Labute approximate surface area is 159 Å². The van der Waals surface area contributed by atoms with E-state index in [0.717, 1.165) is 28.8 Å². The molecule has 0 saturated carbocycles. The van der Waals surface area contributed by atoms with Crippen molar-refractivity contribution in [2.45, 2.75) is 38.8 Å². The van der Waals surface area contributed by atoms with Crippen LogP contribution in [0.5, 0.6) is 0 Å². The molecule has 0 radical (unpaired) electrons. The topological polar surface area (TPSA) is 95.7 Å². The van der Waals surface area contributed by atoms with Crippen molar-refractivity contribution in [1.82, 2.24) is 5.32 Å². The van der Waals surface area contributed by atoms with Gasteiger partial charge in [0.15, 0.2) is 0 Å². The minimum absolute atomic E-state index is 0.0450. The summed E-state index contributed by atoms with van der Waals surface area (Å²) in [5.41, 5.74) is 10.4. The van der Waals surface area contributed by atoms with Gasteiger partial charge < -0.3 is 21.1 Å². The highest BCUT2D eigenvalue weighted by atomic mass is 16.4. The molecule has 0 spiro atoms. The minimum atomic E-state index is -1.06. The van der Waals surface area contributed by atoms with E-state index in [2.05, 4.69) is 17.4 Å². The van der Waals surface area contributed by atoms with E-state index in [1.165, 1.54) is 12.5 Å². The van der Waals surface area contributed by atoms with Crippen molar-refractivity contribution in [2.75, 3.05) is 11.4 Å². The molecule has 0 saturated heterocycles. The van der Waals surface area contributed by atoms with Crippen molar-refractivity contribution in [2.24, 2.45) is 5.73 Å². The van der Waals surface area contributed by atoms with Gasteiger partial charge in [-0.3, -0.25) is 4.79 Å². The summed E-state index contributed by atoms with van der Waals surface area (Å²) in [6.45, 7) is 4.08. The fraction of sp³-hybridized carbons (Fsp3) is 0.333. The smallest absolute Gasteiger partial charge is 0.405 e. The summed E-state index contributed by atoms with van der Waals surface area (Å²) in [6, 6.07) is 13.6. The second kappa shape index (κ2) is 7.80. The lowest BCUT2D eigenvalue weighted by Gasteiger charge is -2.39. The Morgan fingerprint density at radius 2 is 1.85 bits per heavy atom. The third-order valence-electron chi connectivity index (χ3n) is 5.04. The molecule has 27 heavy (non-hydrogen) atoms. The molecule has 0 unspecified atom stereocenters. The Bertz CT molecular complexity index is 848. The first kappa shape index (κ1) is 18.9. The predicted octanol–water partition coefficient (Wildman–Crippen LogP) is 3.31. The third-order valence-corrected chi connectivity index (χ3v) is 5.04. The molecule has 0 aromatic heterocycles. The normalized spacial score (nSPS) is 18.7. The summed E-state index contributed by atoms with van der Waals surface area (Å²) in [5.74, 6) is -0.0450. The van der Waals surface area contributed by atoms with Crippen molar-refractivity contribution < 1.29 is 14.7 Å². The number of fused-ring (bicyclic) bond motifs is 1. The molecule has 4 N–H and O–H groups in total. The van der Waals surface area contributed by atoms with Crippen LogP contribution in [0.4, 0.5) is 10.5 Å². The zero-order valence-corrected chi connectivity index (χ0v) is 15.6. The SMILES string of the molecule is CC(=O)N1c2ccc(-c3ccc(CCN)cc3)cc2[C@H](NC(=O)O)C[C@@H]1C. The predicted molar refractivity (Wildman–Crippen MR) is 106 cm³/mol. The molecular weight excluding hydrogens is 342 g/mol. The highest BCUT2D eigenvalue weighted by Gasteiger charge is 2.33. The minimum Gasteiger partial charge on any atom is -0.465 e. The van der Waals surface area contributed by atoms with E-state index in [0.29, 0.717) is 13.0 Å². The molecule has 1 aliphatic rings. The van der Waals surface area contributed by atoms with Crippen LogP contribution in [0.1, 0.15) is 37.4 Å². The van der Waals surface area contributed by atoms with Crippen LogP contribution in [0.15, 0.2) is 42.5 Å². The largest absolute Gasteiger partial charge is 0.465 e. The number of anilines is 1. The highest BCUT2D eigenvalue weighted by molar-refractivity contribution is 5.94. The Kier molecular flexibility index (Phi) is 5.46. The molecule has 1 heterocycles. The quantitative estimate of drug-likeness (QED) is 0.772. The van der Waals surface area contributed by atoms with Gasteiger partial charge in [0.25, 0.3) is 0 Å². The van der Waals surface area contributed by atoms with Gasteiger partial charge in [0.05, 0.1) is 6.04 Å². The number of carbonyl (C=O) groups excluding carboxylic acids is 1. The molecule has 2 aromatic rings. The van der Waals surface area contributed by atoms with Crippen LogP contribution >= 0.6 is 0 Å². The standard InChI is InChI=1S/C21H25N3O3/c1-13-11-19(23-21(26)27)18-12-17(7-8-20(18)24(13)14(2)25)16-5-3-15(4-6-16)9-10-22/h3-8,12-13,19,23H,9-11,22H2,1-2H3,(H,26,27)/t13-,19+/m0/s1. The van der Waals surface area contributed by atoms with Crippen LogP contribution in [-0.2, 0) is 11.2 Å². The maximum atomic E-state index is 12.1. The molecule has 0 aliphatic carbocycles. The van der Waals surface area contributed by atoms with Gasteiger partial charge in [-0.05, 0) is 60.7 Å². The first-order chi connectivity index (χ1) is 12.9. The number of benzene rings is 2. The van der Waals surface area contributed by atoms with E-state index in [-0.39, 0.29) is 18.0 Å². The number of carboxylic acid groups (broad SMARTS) is 1. The van der Waals surface area contributed by atoms with Gasteiger partial charge >= 0.3 is 6.09 Å². The Balaban J connectivity index is 2.03. The Morgan fingerprint density at radius 3 is 2.44 bits per heavy atom. The number of carbonyl (C=O) groups is 2. The number of nitrogens with zero attached hydrogens (tertiary/aromatic N) is 1. The second-order valence-corrected chi connectivity index (χ2v) is 6.99. The van der Waals surface area contributed by atoms with Crippen LogP contribution in [0.25, 0.3) is 11.1 Å². The van der Waals surface area contributed by atoms with Crippen LogP contribution in [-0.4, -0.2) is 29.7 Å². The molecule has 2 atom stereocenters. The van der Waals surface area contributed by atoms with Gasteiger partial charge in [-0.1, -0.05) is 30.3 Å². The molecule has 0 fully saturated rings. The number of hydrogen-bond donors (Lipinski definition) is 3. The zero-order valence-electron chi connectivity index (χ0n) is 15.6. The number of nitrogens with one attached hydrogen (secondary N) is 1. The van der Waals surface area contributed by atoms with Crippen molar-refractivity contribution in [3.05, 3.63) is 53.6 Å². The van der Waals surface area contributed by atoms with Gasteiger partial charge in [0.1, 0.15) is 0 Å². The molecular formula is C21H25N3O3. The highest BCUT2D eigenvalue weighted by Crippen LogP contribution is 2.39. The van der Waals surface area contributed by atoms with Crippen LogP contribution < -0.4 is 16.0 Å². The maximum absolute atomic E-state index is 12.1. The summed E-state index contributed by atoms with van der Waals surface area (Å²) in [6.07, 6.45) is 0.309. The van der Waals surface area contributed by atoms with Crippen molar-refractivity contribution in [3.8, 4) is 11.1 Å². The van der Waals surface area contributed by atoms with Crippen LogP contribution in [0.3, 0.4) is 0 Å². The van der Waals surface area contributed by atoms with Gasteiger partial charge in [0.2, 0.25) is 5.91 Å². The van der Waals surface area contributed by atoms with Gasteiger partial charge in [-0.25, -0.2) is 4.79 Å². The van der Waals surface area contributed by atoms with E-state index >= 15 is 0 Å². The number of amides is 2. The number of rotatable bonds is 4. The average molecular weight is 367 g/mol. The lowest BCUT2D eigenvalue weighted by atomic mass is 9.89. The Hall–Kier alpha value is -2.86. The zero-order chi connectivity index (χ0) is 19.6. The molecule has 0 bridgehead atoms.